The van der Waals surface area contributed by atoms with Crippen molar-refractivity contribution < 1.29 is 27.5 Å². The van der Waals surface area contributed by atoms with Gasteiger partial charge in [-0.15, -0.1) is 0 Å². The van der Waals surface area contributed by atoms with Crippen LogP contribution >= 0.6 is 0 Å². The van der Waals surface area contributed by atoms with Crippen molar-refractivity contribution in [2.75, 3.05) is 18.4 Å². The lowest BCUT2D eigenvalue weighted by molar-refractivity contribution is 0.0602. The molecule has 0 aromatic heterocycles. The van der Waals surface area contributed by atoms with Crippen LogP contribution in [0.15, 0.2) is 18.2 Å². The summed E-state index contributed by atoms with van der Waals surface area (Å²) in [6.45, 7) is 3.30. The Morgan fingerprint density at radius 2 is 1.95 bits per heavy atom. The Kier molecular flexibility index (Phi) is 5.53. The first-order chi connectivity index (χ1) is 9.79. The van der Waals surface area contributed by atoms with Crippen LogP contribution in [-0.4, -0.2) is 34.2 Å². The van der Waals surface area contributed by atoms with Gasteiger partial charge in [-0.05, 0) is 26.0 Å². The van der Waals surface area contributed by atoms with E-state index in [0.717, 1.165) is 5.56 Å². The monoisotopic (exact) mass is 316 g/mol. The molecule has 1 amide bonds. The predicted molar refractivity (Wildman–Crippen MR) is 75.2 cm³/mol. The highest BCUT2D eigenvalue weighted by Gasteiger charge is 2.19. The molecule has 2 N–H and O–H groups in total. The largest absolute Gasteiger partial charge is 0.465 e. The molecule has 116 valence electrons. The van der Waals surface area contributed by atoms with Gasteiger partial charge >= 0.3 is 22.3 Å². The molecule has 1 aromatic carbocycles. The Bertz CT molecular complexity index is 641. The van der Waals surface area contributed by atoms with Gasteiger partial charge in [0.05, 0.1) is 25.0 Å². The summed E-state index contributed by atoms with van der Waals surface area (Å²) >= 11 is 0. The van der Waals surface area contributed by atoms with Crippen molar-refractivity contribution in [3.8, 4) is 0 Å². The van der Waals surface area contributed by atoms with Gasteiger partial charge in [0.25, 0.3) is 0 Å². The van der Waals surface area contributed by atoms with Crippen LogP contribution in [0.2, 0.25) is 0 Å². The lowest BCUT2D eigenvalue weighted by Crippen LogP contribution is -2.36. The van der Waals surface area contributed by atoms with Gasteiger partial charge in [0.15, 0.2) is 0 Å². The second-order valence-corrected chi connectivity index (χ2v) is 5.38. The van der Waals surface area contributed by atoms with Gasteiger partial charge in [-0.3, -0.25) is 4.72 Å². The molecule has 0 aliphatic carbocycles. The number of carbonyl (C=O) groups is 2. The number of ether oxygens (including phenoxy) is 2. The maximum Gasteiger partial charge on any atom is 0.422 e. The van der Waals surface area contributed by atoms with Crippen molar-refractivity contribution in [1.29, 1.82) is 0 Å². The molecule has 9 heteroatoms. The molecule has 1 aromatic rings. The Balaban J connectivity index is 3.02. The minimum atomic E-state index is -4.22. The van der Waals surface area contributed by atoms with Crippen LogP contribution in [0.1, 0.15) is 22.8 Å². The van der Waals surface area contributed by atoms with E-state index >= 15 is 0 Å². The second-order valence-electron chi connectivity index (χ2n) is 3.97. The number of hydrogen-bond acceptors (Lipinski definition) is 6. The molecule has 0 bridgehead atoms. The summed E-state index contributed by atoms with van der Waals surface area (Å²) in [4.78, 5) is 22.8. The molecule has 0 saturated carbocycles. The highest BCUT2D eigenvalue weighted by atomic mass is 32.2. The molecule has 21 heavy (non-hydrogen) atoms. The highest BCUT2D eigenvalue weighted by Crippen LogP contribution is 2.19. The highest BCUT2D eigenvalue weighted by molar-refractivity contribution is 7.91. The van der Waals surface area contributed by atoms with Crippen LogP contribution < -0.4 is 9.44 Å². The van der Waals surface area contributed by atoms with Crippen LogP contribution in [-0.2, 0) is 19.7 Å². The number of nitrogens with one attached hydrogen (secondary N) is 2. The predicted octanol–water partition coefficient (Wildman–Crippen LogP) is 1.18. The van der Waals surface area contributed by atoms with Gasteiger partial charge in [0, 0.05) is 0 Å². The molecule has 0 heterocycles. The summed E-state index contributed by atoms with van der Waals surface area (Å²) in [5.41, 5.74) is 0.771. The SMILES string of the molecule is CCOC(=O)NS(=O)(=O)Nc1ccc(C)cc1C(=O)OC. The van der Waals surface area contributed by atoms with Crippen LogP contribution in [0.5, 0.6) is 0 Å². The van der Waals surface area contributed by atoms with E-state index in [1.807, 2.05) is 0 Å². The Morgan fingerprint density at radius 3 is 2.52 bits per heavy atom. The number of benzene rings is 1. The van der Waals surface area contributed by atoms with Crippen LogP contribution in [0.4, 0.5) is 10.5 Å². The van der Waals surface area contributed by atoms with E-state index in [9.17, 15) is 18.0 Å². The van der Waals surface area contributed by atoms with Crippen molar-refractivity contribution in [3.63, 3.8) is 0 Å². The number of amides is 1. The van der Waals surface area contributed by atoms with Crippen LogP contribution in [0.25, 0.3) is 0 Å². The number of methoxy groups -OCH3 is 1. The maximum atomic E-state index is 11.8. The zero-order valence-electron chi connectivity index (χ0n) is 11.8. The lowest BCUT2D eigenvalue weighted by atomic mass is 10.1. The molecule has 1 rings (SSSR count). The van der Waals surface area contributed by atoms with Crippen LogP contribution in [0.3, 0.4) is 0 Å². The van der Waals surface area contributed by atoms with Gasteiger partial charge < -0.3 is 9.47 Å². The molecular weight excluding hydrogens is 300 g/mol. The molecule has 0 spiro atoms. The minimum absolute atomic E-state index is 0.00996. The fourth-order valence-electron chi connectivity index (χ4n) is 1.47. The Morgan fingerprint density at radius 1 is 1.29 bits per heavy atom. The molecular formula is C12H16N2O6S. The van der Waals surface area contributed by atoms with Crippen molar-refractivity contribution in [3.05, 3.63) is 29.3 Å². The topological polar surface area (TPSA) is 111 Å². The van der Waals surface area contributed by atoms with E-state index in [0.29, 0.717) is 0 Å². The van der Waals surface area contributed by atoms with Crippen LogP contribution in [0, 0.1) is 6.92 Å². The number of esters is 1. The number of aryl methyl sites for hydroxylation is 1. The van der Waals surface area contributed by atoms with E-state index in [-0.39, 0.29) is 17.9 Å². The lowest BCUT2D eigenvalue weighted by Gasteiger charge is -2.12. The molecule has 0 aliphatic rings. The number of carbonyl (C=O) groups excluding carboxylic acids is 2. The normalized spacial score (nSPS) is 10.6. The van der Waals surface area contributed by atoms with Crippen molar-refractivity contribution in [2.45, 2.75) is 13.8 Å². The Hall–Kier alpha value is -2.29. The first kappa shape index (κ1) is 16.8. The third-order valence-electron chi connectivity index (χ3n) is 2.32. The van der Waals surface area contributed by atoms with Crippen molar-refractivity contribution in [2.24, 2.45) is 0 Å². The summed E-state index contributed by atoms with van der Waals surface area (Å²) in [5.74, 6) is -0.701. The zero-order chi connectivity index (χ0) is 16.0. The fraction of sp³-hybridized carbons (Fsp3) is 0.333. The summed E-state index contributed by atoms with van der Waals surface area (Å²) < 4.78 is 36.3. The molecule has 0 fully saturated rings. The number of rotatable bonds is 5. The van der Waals surface area contributed by atoms with Gasteiger partial charge in [-0.2, -0.15) is 8.42 Å². The smallest absolute Gasteiger partial charge is 0.422 e. The maximum absolute atomic E-state index is 11.8. The van der Waals surface area contributed by atoms with Crippen molar-refractivity contribution >= 4 is 28.0 Å². The van der Waals surface area contributed by atoms with E-state index in [1.165, 1.54) is 26.2 Å². The molecule has 0 unspecified atom stereocenters. The van der Waals surface area contributed by atoms with E-state index in [2.05, 4.69) is 14.2 Å². The quantitative estimate of drug-likeness (QED) is 0.789. The average molecular weight is 316 g/mol. The number of hydrogen-bond donors (Lipinski definition) is 2. The number of anilines is 1. The summed E-state index contributed by atoms with van der Waals surface area (Å²) in [5, 5.41) is 0. The molecule has 0 radical (unpaired) electrons. The van der Waals surface area contributed by atoms with E-state index in [4.69, 9.17) is 0 Å². The zero-order valence-corrected chi connectivity index (χ0v) is 12.6. The van der Waals surface area contributed by atoms with Gasteiger partial charge in [0.1, 0.15) is 0 Å². The second kappa shape index (κ2) is 6.93. The molecule has 0 aliphatic heterocycles. The summed E-state index contributed by atoms with van der Waals surface area (Å²) in [6.07, 6.45) is -1.11. The van der Waals surface area contributed by atoms with Gasteiger partial charge in [-0.25, -0.2) is 14.3 Å². The first-order valence-corrected chi connectivity index (χ1v) is 7.43. The van der Waals surface area contributed by atoms with Gasteiger partial charge in [0.2, 0.25) is 0 Å². The van der Waals surface area contributed by atoms with E-state index in [1.54, 1.807) is 17.7 Å². The Labute approximate surface area is 122 Å². The van der Waals surface area contributed by atoms with Gasteiger partial charge in [-0.1, -0.05) is 11.6 Å². The first-order valence-electron chi connectivity index (χ1n) is 5.95. The van der Waals surface area contributed by atoms with Crippen molar-refractivity contribution in [1.82, 2.24) is 4.72 Å². The van der Waals surface area contributed by atoms with E-state index < -0.39 is 22.3 Å². The third-order valence-corrected chi connectivity index (χ3v) is 3.24. The average Bonchev–Trinajstić information content (AvgIpc) is 2.39. The molecule has 8 nitrogen and oxygen atoms in total. The minimum Gasteiger partial charge on any atom is -0.465 e. The summed E-state index contributed by atoms with van der Waals surface area (Å²) in [7, 11) is -3.04. The summed E-state index contributed by atoms with van der Waals surface area (Å²) in [6, 6.07) is 4.47. The standard InChI is InChI=1S/C12H16N2O6S/c1-4-20-12(16)14-21(17,18)13-10-6-5-8(2)7-9(10)11(15)19-3/h5-7,13H,4H2,1-3H3,(H,14,16). The third kappa shape index (κ3) is 4.95. The molecule has 0 saturated heterocycles. The molecule has 0 atom stereocenters. The fourth-order valence-corrected chi connectivity index (χ4v) is 2.26.